The van der Waals surface area contributed by atoms with Gasteiger partial charge in [0.15, 0.2) is 0 Å². The van der Waals surface area contributed by atoms with Crippen LogP contribution in [0.1, 0.15) is 21.5 Å². The molecule has 0 radical (unpaired) electrons. The van der Waals surface area contributed by atoms with Crippen LogP contribution in [0.5, 0.6) is 5.75 Å². The summed E-state index contributed by atoms with van der Waals surface area (Å²) in [5.74, 6) is 0.00646. The van der Waals surface area contributed by atoms with E-state index in [1.165, 1.54) is 0 Å². The van der Waals surface area contributed by atoms with Crippen molar-refractivity contribution in [1.82, 2.24) is 0 Å². The first kappa shape index (κ1) is 13.1. The van der Waals surface area contributed by atoms with Crippen molar-refractivity contribution in [2.75, 3.05) is 0 Å². The highest BCUT2D eigenvalue weighted by atomic mass is 16.5. The number of ether oxygens (including phenoxy) is 1. The van der Waals surface area contributed by atoms with Crippen LogP contribution in [0.15, 0.2) is 48.5 Å². The molecule has 0 fully saturated rings. The number of amides is 1. The van der Waals surface area contributed by atoms with Crippen LogP contribution in [-0.4, -0.2) is 5.91 Å². The number of para-hydroxylation sites is 1. The van der Waals surface area contributed by atoms with Crippen LogP contribution in [0.3, 0.4) is 0 Å². The SMILES string of the molecule is NCc1ccc(COc2ccccc2C(N)=O)cc1. The number of hydrogen-bond donors (Lipinski definition) is 2. The highest BCUT2D eigenvalue weighted by molar-refractivity contribution is 5.95. The third-order valence-corrected chi connectivity index (χ3v) is 2.81. The molecule has 0 saturated heterocycles. The highest BCUT2D eigenvalue weighted by Gasteiger charge is 2.08. The Hall–Kier alpha value is -2.33. The Morgan fingerprint density at radius 3 is 2.26 bits per heavy atom. The van der Waals surface area contributed by atoms with E-state index in [0.29, 0.717) is 24.5 Å². The van der Waals surface area contributed by atoms with Crippen LogP contribution in [0.4, 0.5) is 0 Å². The summed E-state index contributed by atoms with van der Waals surface area (Å²) < 4.78 is 5.63. The molecule has 2 aromatic carbocycles. The summed E-state index contributed by atoms with van der Waals surface area (Å²) in [6.07, 6.45) is 0. The molecule has 0 saturated carbocycles. The third-order valence-electron chi connectivity index (χ3n) is 2.81. The number of primary amides is 1. The smallest absolute Gasteiger partial charge is 0.252 e. The number of carbonyl (C=O) groups is 1. The average Bonchev–Trinajstić information content (AvgIpc) is 2.46. The number of rotatable bonds is 5. The second-order valence-electron chi connectivity index (χ2n) is 4.17. The summed E-state index contributed by atoms with van der Waals surface area (Å²) in [5, 5.41) is 0. The van der Waals surface area contributed by atoms with Crippen molar-refractivity contribution < 1.29 is 9.53 Å². The van der Waals surface area contributed by atoms with E-state index >= 15 is 0 Å². The second kappa shape index (κ2) is 6.02. The van der Waals surface area contributed by atoms with Gasteiger partial charge in [0, 0.05) is 6.54 Å². The lowest BCUT2D eigenvalue weighted by molar-refractivity contribution is 0.0996. The van der Waals surface area contributed by atoms with Crippen molar-refractivity contribution in [3.8, 4) is 5.75 Å². The van der Waals surface area contributed by atoms with E-state index in [4.69, 9.17) is 16.2 Å². The molecule has 0 bridgehead atoms. The van der Waals surface area contributed by atoms with Gasteiger partial charge in [0.1, 0.15) is 12.4 Å². The average molecular weight is 256 g/mol. The van der Waals surface area contributed by atoms with Crippen molar-refractivity contribution in [1.29, 1.82) is 0 Å². The molecule has 0 aliphatic rings. The van der Waals surface area contributed by atoms with Gasteiger partial charge in [0.25, 0.3) is 5.91 Å². The fourth-order valence-electron chi connectivity index (χ4n) is 1.73. The molecular formula is C15H16N2O2. The second-order valence-corrected chi connectivity index (χ2v) is 4.17. The number of nitrogens with two attached hydrogens (primary N) is 2. The Bertz CT molecular complexity index is 565. The van der Waals surface area contributed by atoms with Gasteiger partial charge in [-0.2, -0.15) is 0 Å². The monoisotopic (exact) mass is 256 g/mol. The molecule has 0 aliphatic heterocycles. The van der Waals surface area contributed by atoms with Crippen molar-refractivity contribution in [3.63, 3.8) is 0 Å². The first-order valence-corrected chi connectivity index (χ1v) is 6.00. The lowest BCUT2D eigenvalue weighted by Gasteiger charge is -2.09. The molecular weight excluding hydrogens is 240 g/mol. The van der Waals surface area contributed by atoms with E-state index in [1.807, 2.05) is 24.3 Å². The Labute approximate surface area is 112 Å². The molecule has 19 heavy (non-hydrogen) atoms. The van der Waals surface area contributed by atoms with Crippen molar-refractivity contribution in [3.05, 3.63) is 65.2 Å². The van der Waals surface area contributed by atoms with Gasteiger partial charge in [-0.05, 0) is 23.3 Å². The Balaban J connectivity index is 2.07. The zero-order valence-electron chi connectivity index (χ0n) is 10.5. The van der Waals surface area contributed by atoms with E-state index < -0.39 is 5.91 Å². The lowest BCUT2D eigenvalue weighted by Crippen LogP contribution is -2.12. The minimum atomic E-state index is -0.492. The molecule has 2 rings (SSSR count). The fraction of sp³-hybridized carbons (Fsp3) is 0.133. The maximum absolute atomic E-state index is 11.2. The molecule has 4 N–H and O–H groups in total. The molecule has 4 heteroatoms. The van der Waals surface area contributed by atoms with E-state index in [1.54, 1.807) is 24.3 Å². The Morgan fingerprint density at radius 1 is 1.00 bits per heavy atom. The molecule has 0 heterocycles. The topological polar surface area (TPSA) is 78.3 Å². The molecule has 0 unspecified atom stereocenters. The van der Waals surface area contributed by atoms with Gasteiger partial charge in [-0.1, -0.05) is 36.4 Å². The maximum Gasteiger partial charge on any atom is 0.252 e. The van der Waals surface area contributed by atoms with Crippen molar-refractivity contribution in [2.45, 2.75) is 13.2 Å². The van der Waals surface area contributed by atoms with E-state index in [9.17, 15) is 4.79 Å². The minimum absolute atomic E-state index is 0.384. The molecule has 0 aliphatic carbocycles. The van der Waals surface area contributed by atoms with Crippen LogP contribution in [-0.2, 0) is 13.2 Å². The van der Waals surface area contributed by atoms with Gasteiger partial charge in [-0.15, -0.1) is 0 Å². The van der Waals surface area contributed by atoms with E-state index in [-0.39, 0.29) is 0 Å². The fourth-order valence-corrected chi connectivity index (χ4v) is 1.73. The summed E-state index contributed by atoms with van der Waals surface area (Å²) in [5.41, 5.74) is 13.3. The van der Waals surface area contributed by atoms with Crippen LogP contribution in [0, 0.1) is 0 Å². The quantitative estimate of drug-likeness (QED) is 0.856. The van der Waals surface area contributed by atoms with Gasteiger partial charge >= 0.3 is 0 Å². The van der Waals surface area contributed by atoms with Gasteiger partial charge < -0.3 is 16.2 Å². The number of benzene rings is 2. The molecule has 0 spiro atoms. The van der Waals surface area contributed by atoms with Crippen molar-refractivity contribution in [2.24, 2.45) is 11.5 Å². The van der Waals surface area contributed by atoms with Crippen LogP contribution < -0.4 is 16.2 Å². The van der Waals surface area contributed by atoms with Crippen LogP contribution in [0.2, 0.25) is 0 Å². The number of carbonyl (C=O) groups excluding carboxylic acids is 1. The normalized spacial score (nSPS) is 10.2. The highest BCUT2D eigenvalue weighted by Crippen LogP contribution is 2.18. The van der Waals surface area contributed by atoms with Gasteiger partial charge in [-0.25, -0.2) is 0 Å². The lowest BCUT2D eigenvalue weighted by atomic mass is 10.1. The molecule has 2 aromatic rings. The summed E-state index contributed by atoms with van der Waals surface area (Å²) in [4.78, 5) is 11.2. The zero-order chi connectivity index (χ0) is 13.7. The number of hydrogen-bond acceptors (Lipinski definition) is 3. The summed E-state index contributed by atoms with van der Waals surface area (Å²) in [7, 11) is 0. The summed E-state index contributed by atoms with van der Waals surface area (Å²) in [6, 6.07) is 14.8. The van der Waals surface area contributed by atoms with E-state index in [0.717, 1.165) is 11.1 Å². The van der Waals surface area contributed by atoms with Crippen LogP contribution in [0.25, 0.3) is 0 Å². The van der Waals surface area contributed by atoms with Crippen molar-refractivity contribution >= 4 is 5.91 Å². The molecule has 98 valence electrons. The van der Waals surface area contributed by atoms with Gasteiger partial charge in [0.2, 0.25) is 0 Å². The third kappa shape index (κ3) is 3.33. The molecule has 4 nitrogen and oxygen atoms in total. The first-order valence-electron chi connectivity index (χ1n) is 6.00. The standard InChI is InChI=1S/C15H16N2O2/c16-9-11-5-7-12(8-6-11)10-19-14-4-2-1-3-13(14)15(17)18/h1-8H,9-10,16H2,(H2,17,18). The van der Waals surface area contributed by atoms with Gasteiger partial charge in [0.05, 0.1) is 5.56 Å². The largest absolute Gasteiger partial charge is 0.488 e. The molecule has 0 aromatic heterocycles. The van der Waals surface area contributed by atoms with Gasteiger partial charge in [-0.3, -0.25) is 4.79 Å². The zero-order valence-corrected chi connectivity index (χ0v) is 10.5. The van der Waals surface area contributed by atoms with Crippen LogP contribution >= 0.6 is 0 Å². The summed E-state index contributed by atoms with van der Waals surface area (Å²) >= 11 is 0. The minimum Gasteiger partial charge on any atom is -0.488 e. The Kier molecular flexibility index (Phi) is 4.15. The predicted molar refractivity (Wildman–Crippen MR) is 73.6 cm³/mol. The van der Waals surface area contributed by atoms with E-state index in [2.05, 4.69) is 0 Å². The first-order chi connectivity index (χ1) is 9.20. The predicted octanol–water partition coefficient (Wildman–Crippen LogP) is 1.82. The molecule has 1 amide bonds. The summed E-state index contributed by atoms with van der Waals surface area (Å²) in [6.45, 7) is 0.904. The molecule has 0 atom stereocenters. The maximum atomic E-state index is 11.2. The Morgan fingerprint density at radius 2 is 1.63 bits per heavy atom.